The van der Waals surface area contributed by atoms with Gasteiger partial charge in [0.05, 0.1) is 6.10 Å². The SMILES string of the molecule is CC(C)Oc1cccc(CNC(=O)c2cccc(Cl)c2)c1. The minimum Gasteiger partial charge on any atom is -0.491 e. The van der Waals surface area contributed by atoms with Gasteiger partial charge in [0.2, 0.25) is 0 Å². The van der Waals surface area contributed by atoms with Crippen LogP contribution in [-0.2, 0) is 6.54 Å². The number of carbonyl (C=O) groups excluding carboxylic acids is 1. The predicted molar refractivity (Wildman–Crippen MR) is 84.8 cm³/mol. The van der Waals surface area contributed by atoms with Crippen molar-refractivity contribution in [2.45, 2.75) is 26.5 Å². The molecule has 0 aliphatic carbocycles. The summed E-state index contributed by atoms with van der Waals surface area (Å²) in [7, 11) is 0. The number of ether oxygens (including phenoxy) is 1. The highest BCUT2D eigenvalue weighted by atomic mass is 35.5. The monoisotopic (exact) mass is 303 g/mol. The lowest BCUT2D eigenvalue weighted by molar-refractivity contribution is 0.0951. The number of hydrogen-bond acceptors (Lipinski definition) is 2. The second-order valence-electron chi connectivity index (χ2n) is 5.01. The summed E-state index contributed by atoms with van der Waals surface area (Å²) in [4.78, 5) is 12.0. The standard InChI is InChI=1S/C17H18ClNO2/c1-12(2)21-16-8-3-5-13(9-16)11-19-17(20)14-6-4-7-15(18)10-14/h3-10,12H,11H2,1-2H3,(H,19,20). The van der Waals surface area contributed by atoms with Crippen LogP contribution in [0.1, 0.15) is 29.8 Å². The largest absolute Gasteiger partial charge is 0.491 e. The molecule has 0 aliphatic rings. The van der Waals surface area contributed by atoms with E-state index in [0.717, 1.165) is 11.3 Å². The number of carbonyl (C=O) groups is 1. The Balaban J connectivity index is 1.98. The van der Waals surface area contributed by atoms with E-state index in [2.05, 4.69) is 5.32 Å². The molecule has 4 heteroatoms. The van der Waals surface area contributed by atoms with Gasteiger partial charge in [-0.1, -0.05) is 29.8 Å². The number of nitrogens with one attached hydrogen (secondary N) is 1. The average Bonchev–Trinajstić information content (AvgIpc) is 2.44. The maximum absolute atomic E-state index is 12.0. The summed E-state index contributed by atoms with van der Waals surface area (Å²) in [5.41, 5.74) is 1.54. The molecule has 0 radical (unpaired) electrons. The quantitative estimate of drug-likeness (QED) is 0.904. The molecular weight excluding hydrogens is 286 g/mol. The molecule has 0 atom stereocenters. The van der Waals surface area contributed by atoms with E-state index < -0.39 is 0 Å². The molecule has 110 valence electrons. The van der Waals surface area contributed by atoms with E-state index in [9.17, 15) is 4.79 Å². The van der Waals surface area contributed by atoms with Gasteiger partial charge in [0.15, 0.2) is 0 Å². The van der Waals surface area contributed by atoms with Crippen LogP contribution in [-0.4, -0.2) is 12.0 Å². The van der Waals surface area contributed by atoms with Crippen molar-refractivity contribution >= 4 is 17.5 Å². The van der Waals surface area contributed by atoms with Gasteiger partial charge in [-0.05, 0) is 49.7 Å². The maximum Gasteiger partial charge on any atom is 0.251 e. The molecule has 2 rings (SSSR count). The first-order valence-corrected chi connectivity index (χ1v) is 7.22. The van der Waals surface area contributed by atoms with E-state index in [1.807, 2.05) is 38.1 Å². The van der Waals surface area contributed by atoms with Crippen molar-refractivity contribution in [3.8, 4) is 5.75 Å². The Morgan fingerprint density at radius 3 is 2.67 bits per heavy atom. The Hall–Kier alpha value is -2.00. The number of amides is 1. The Labute approximate surface area is 129 Å². The van der Waals surface area contributed by atoms with E-state index in [1.54, 1.807) is 24.3 Å². The van der Waals surface area contributed by atoms with Crippen LogP contribution < -0.4 is 10.1 Å². The molecule has 0 fully saturated rings. The molecule has 1 N–H and O–H groups in total. The van der Waals surface area contributed by atoms with Crippen LogP contribution >= 0.6 is 11.6 Å². The summed E-state index contributed by atoms with van der Waals surface area (Å²) in [5.74, 6) is 0.659. The smallest absolute Gasteiger partial charge is 0.251 e. The molecule has 1 amide bonds. The molecule has 2 aromatic carbocycles. The molecule has 0 bridgehead atoms. The van der Waals surface area contributed by atoms with Crippen molar-refractivity contribution in [2.75, 3.05) is 0 Å². The second kappa shape index (κ2) is 7.14. The zero-order chi connectivity index (χ0) is 15.2. The van der Waals surface area contributed by atoms with Gasteiger partial charge in [-0.2, -0.15) is 0 Å². The van der Waals surface area contributed by atoms with Crippen molar-refractivity contribution in [1.29, 1.82) is 0 Å². The minimum atomic E-state index is -0.146. The van der Waals surface area contributed by atoms with Crippen molar-refractivity contribution in [2.24, 2.45) is 0 Å². The zero-order valence-corrected chi connectivity index (χ0v) is 12.9. The topological polar surface area (TPSA) is 38.3 Å². The third kappa shape index (κ3) is 4.80. The van der Waals surface area contributed by atoms with E-state index in [-0.39, 0.29) is 12.0 Å². The molecule has 0 spiro atoms. The highest BCUT2D eigenvalue weighted by Crippen LogP contribution is 2.15. The minimum absolute atomic E-state index is 0.126. The fourth-order valence-electron chi connectivity index (χ4n) is 1.92. The molecule has 0 unspecified atom stereocenters. The summed E-state index contributed by atoms with van der Waals surface area (Å²) in [6.07, 6.45) is 0.126. The average molecular weight is 304 g/mol. The Kier molecular flexibility index (Phi) is 5.23. The highest BCUT2D eigenvalue weighted by molar-refractivity contribution is 6.30. The van der Waals surface area contributed by atoms with Gasteiger partial charge in [0, 0.05) is 17.1 Å². The first kappa shape index (κ1) is 15.4. The van der Waals surface area contributed by atoms with Crippen molar-refractivity contribution in [3.63, 3.8) is 0 Å². The molecule has 21 heavy (non-hydrogen) atoms. The fraction of sp³-hybridized carbons (Fsp3) is 0.235. The summed E-state index contributed by atoms with van der Waals surface area (Å²) in [5, 5.41) is 3.42. The van der Waals surface area contributed by atoms with Gasteiger partial charge < -0.3 is 10.1 Å². The van der Waals surface area contributed by atoms with Crippen LogP contribution in [0, 0.1) is 0 Å². The lowest BCUT2D eigenvalue weighted by atomic mass is 10.2. The first-order chi connectivity index (χ1) is 10.0. The van der Waals surface area contributed by atoms with Crippen LogP contribution in [0.25, 0.3) is 0 Å². The third-order valence-electron chi connectivity index (χ3n) is 2.81. The summed E-state index contributed by atoms with van der Waals surface area (Å²) < 4.78 is 5.63. The normalized spacial score (nSPS) is 10.5. The second-order valence-corrected chi connectivity index (χ2v) is 5.44. The fourth-order valence-corrected chi connectivity index (χ4v) is 2.11. The van der Waals surface area contributed by atoms with E-state index in [4.69, 9.17) is 16.3 Å². The van der Waals surface area contributed by atoms with Crippen molar-refractivity contribution in [3.05, 3.63) is 64.7 Å². The predicted octanol–water partition coefficient (Wildman–Crippen LogP) is 4.06. The van der Waals surface area contributed by atoms with E-state index >= 15 is 0 Å². The summed E-state index contributed by atoms with van der Waals surface area (Å²) in [6.45, 7) is 4.40. The molecule has 0 saturated carbocycles. The van der Waals surface area contributed by atoms with Crippen molar-refractivity contribution < 1.29 is 9.53 Å². The number of rotatable bonds is 5. The maximum atomic E-state index is 12.0. The molecule has 0 aliphatic heterocycles. The molecule has 0 heterocycles. The van der Waals surface area contributed by atoms with Gasteiger partial charge >= 0.3 is 0 Å². The number of hydrogen-bond donors (Lipinski definition) is 1. The summed E-state index contributed by atoms with van der Waals surface area (Å²) >= 11 is 5.88. The van der Waals surface area contributed by atoms with Gasteiger partial charge in [0.1, 0.15) is 5.75 Å². The van der Waals surface area contributed by atoms with Gasteiger partial charge in [-0.15, -0.1) is 0 Å². The number of benzene rings is 2. The Bertz CT molecular complexity index is 626. The van der Waals surface area contributed by atoms with Crippen LogP contribution in [0.4, 0.5) is 0 Å². The van der Waals surface area contributed by atoms with Crippen LogP contribution in [0.2, 0.25) is 5.02 Å². The van der Waals surface area contributed by atoms with Gasteiger partial charge in [-0.3, -0.25) is 4.79 Å². The van der Waals surface area contributed by atoms with Gasteiger partial charge in [-0.25, -0.2) is 0 Å². The highest BCUT2D eigenvalue weighted by Gasteiger charge is 2.06. The molecule has 0 aromatic heterocycles. The Morgan fingerprint density at radius 2 is 1.95 bits per heavy atom. The van der Waals surface area contributed by atoms with E-state index in [0.29, 0.717) is 17.1 Å². The van der Waals surface area contributed by atoms with Crippen molar-refractivity contribution in [1.82, 2.24) is 5.32 Å². The number of halogens is 1. The molecule has 0 saturated heterocycles. The van der Waals surface area contributed by atoms with Crippen LogP contribution in [0.3, 0.4) is 0 Å². The molecular formula is C17H18ClNO2. The zero-order valence-electron chi connectivity index (χ0n) is 12.1. The van der Waals surface area contributed by atoms with Crippen LogP contribution in [0.15, 0.2) is 48.5 Å². The van der Waals surface area contributed by atoms with Crippen LogP contribution in [0.5, 0.6) is 5.75 Å². The van der Waals surface area contributed by atoms with Gasteiger partial charge in [0.25, 0.3) is 5.91 Å². The molecule has 2 aromatic rings. The lowest BCUT2D eigenvalue weighted by Crippen LogP contribution is -2.22. The first-order valence-electron chi connectivity index (χ1n) is 6.84. The lowest BCUT2D eigenvalue weighted by Gasteiger charge is -2.11. The summed E-state index contributed by atoms with van der Waals surface area (Å²) in [6, 6.07) is 14.6. The third-order valence-corrected chi connectivity index (χ3v) is 3.05. The van der Waals surface area contributed by atoms with E-state index in [1.165, 1.54) is 0 Å². The molecule has 3 nitrogen and oxygen atoms in total. The Morgan fingerprint density at radius 1 is 1.19 bits per heavy atom.